The van der Waals surface area contributed by atoms with Crippen LogP contribution >= 0.6 is 15.9 Å². The number of hydrogen-bond donors (Lipinski definition) is 1. The molecule has 2 fully saturated rings. The first kappa shape index (κ1) is 19.9. The number of benzene rings is 2. The zero-order valence-electron chi connectivity index (χ0n) is 16.1. The Morgan fingerprint density at radius 2 is 1.97 bits per heavy atom. The van der Waals surface area contributed by atoms with Crippen molar-refractivity contribution in [1.29, 1.82) is 0 Å². The molecule has 2 saturated heterocycles. The first-order valence-electron chi connectivity index (χ1n) is 9.68. The highest BCUT2D eigenvalue weighted by molar-refractivity contribution is 9.10. The summed E-state index contributed by atoms with van der Waals surface area (Å²) in [6, 6.07) is 14.1. The minimum Gasteiger partial charge on any atom is -0.507 e. The molecule has 2 aromatic rings. The number of halogens is 1. The second kappa shape index (κ2) is 8.13. The monoisotopic (exact) mass is 455 g/mol. The maximum Gasteiger partial charge on any atom is 0.295 e. The fourth-order valence-electron chi connectivity index (χ4n) is 3.97. The molecule has 5 nitrogen and oxygen atoms in total. The van der Waals surface area contributed by atoms with Crippen molar-refractivity contribution < 1.29 is 19.4 Å². The number of hydrogen-bond acceptors (Lipinski definition) is 4. The van der Waals surface area contributed by atoms with E-state index in [0.29, 0.717) is 18.7 Å². The molecule has 2 aliphatic heterocycles. The lowest BCUT2D eigenvalue weighted by Crippen LogP contribution is -2.36. The van der Waals surface area contributed by atoms with Gasteiger partial charge < -0.3 is 14.7 Å². The van der Waals surface area contributed by atoms with E-state index in [2.05, 4.69) is 15.9 Å². The number of rotatable bonds is 4. The van der Waals surface area contributed by atoms with Crippen molar-refractivity contribution in [3.05, 3.63) is 75.3 Å². The van der Waals surface area contributed by atoms with Gasteiger partial charge in [0.25, 0.3) is 11.7 Å². The molecular formula is C23H22BrNO4. The van der Waals surface area contributed by atoms with Gasteiger partial charge in [-0.25, -0.2) is 0 Å². The molecule has 150 valence electrons. The second-order valence-corrected chi connectivity index (χ2v) is 8.42. The van der Waals surface area contributed by atoms with E-state index in [0.717, 1.165) is 28.4 Å². The Morgan fingerprint density at radius 1 is 1.21 bits per heavy atom. The number of aliphatic hydroxyl groups is 1. The fraction of sp³-hybridized carbons (Fsp3) is 0.304. The third kappa shape index (κ3) is 3.87. The second-order valence-electron chi connectivity index (χ2n) is 7.51. The number of aliphatic hydroxyl groups excluding tert-OH is 1. The number of likely N-dealkylation sites (tertiary alicyclic amines) is 1. The summed E-state index contributed by atoms with van der Waals surface area (Å²) in [6.45, 7) is 2.94. The molecule has 2 aliphatic rings. The average molecular weight is 456 g/mol. The molecule has 2 unspecified atom stereocenters. The largest absolute Gasteiger partial charge is 0.507 e. The summed E-state index contributed by atoms with van der Waals surface area (Å²) in [6.07, 6.45) is 1.70. The highest BCUT2D eigenvalue weighted by Gasteiger charge is 2.47. The number of aryl methyl sites for hydroxylation is 1. The van der Waals surface area contributed by atoms with Gasteiger partial charge in [-0.3, -0.25) is 9.59 Å². The summed E-state index contributed by atoms with van der Waals surface area (Å²) >= 11 is 3.47. The molecule has 2 heterocycles. The summed E-state index contributed by atoms with van der Waals surface area (Å²) in [5.41, 5.74) is 2.45. The van der Waals surface area contributed by atoms with Crippen LogP contribution in [0.3, 0.4) is 0 Å². The van der Waals surface area contributed by atoms with Crippen LogP contribution in [0.1, 0.15) is 35.6 Å². The number of ether oxygens (including phenoxy) is 1. The molecule has 0 spiro atoms. The van der Waals surface area contributed by atoms with E-state index < -0.39 is 17.7 Å². The summed E-state index contributed by atoms with van der Waals surface area (Å²) in [5.74, 6) is -1.41. The SMILES string of the molecule is Cc1ccc(/C(O)=C2/C(=O)C(=O)N(CC3CCCO3)C2c2cccc(Br)c2)cc1. The number of amides is 1. The molecule has 2 atom stereocenters. The smallest absolute Gasteiger partial charge is 0.295 e. The van der Waals surface area contributed by atoms with Gasteiger partial charge in [0.1, 0.15) is 5.76 Å². The molecule has 0 aromatic heterocycles. The van der Waals surface area contributed by atoms with Crippen LogP contribution in [-0.4, -0.2) is 41.0 Å². The molecule has 29 heavy (non-hydrogen) atoms. The predicted molar refractivity (Wildman–Crippen MR) is 113 cm³/mol. The standard InChI is InChI=1S/C23H22BrNO4/c1-14-7-9-15(10-8-14)21(26)19-20(16-4-2-5-17(24)12-16)25(23(28)22(19)27)13-18-6-3-11-29-18/h2,4-5,7-10,12,18,20,26H,3,6,11,13H2,1H3/b21-19-. The summed E-state index contributed by atoms with van der Waals surface area (Å²) in [5, 5.41) is 11.0. The van der Waals surface area contributed by atoms with Gasteiger partial charge in [-0.05, 0) is 37.5 Å². The van der Waals surface area contributed by atoms with Crippen LogP contribution in [0.4, 0.5) is 0 Å². The van der Waals surface area contributed by atoms with E-state index in [1.807, 2.05) is 43.3 Å². The summed E-state index contributed by atoms with van der Waals surface area (Å²) < 4.78 is 6.55. The van der Waals surface area contributed by atoms with E-state index in [-0.39, 0.29) is 17.4 Å². The fourth-order valence-corrected chi connectivity index (χ4v) is 4.38. The highest BCUT2D eigenvalue weighted by atomic mass is 79.9. The van der Waals surface area contributed by atoms with Crippen molar-refractivity contribution in [2.24, 2.45) is 0 Å². The number of carbonyl (C=O) groups is 2. The normalized spacial score (nSPS) is 23.7. The van der Waals surface area contributed by atoms with Gasteiger partial charge in [0.2, 0.25) is 0 Å². The molecule has 2 aromatic carbocycles. The quantitative estimate of drug-likeness (QED) is 0.422. The Hall–Kier alpha value is -2.44. The topological polar surface area (TPSA) is 66.8 Å². The number of carbonyl (C=O) groups excluding carboxylic acids is 2. The Morgan fingerprint density at radius 3 is 2.62 bits per heavy atom. The Kier molecular flexibility index (Phi) is 5.56. The minimum atomic E-state index is -0.661. The van der Waals surface area contributed by atoms with Gasteiger partial charge in [0.05, 0.1) is 17.7 Å². The minimum absolute atomic E-state index is 0.0951. The van der Waals surface area contributed by atoms with Gasteiger partial charge in [0, 0.05) is 23.2 Å². The van der Waals surface area contributed by atoms with Crippen molar-refractivity contribution in [2.75, 3.05) is 13.2 Å². The average Bonchev–Trinajstić information content (AvgIpc) is 3.30. The predicted octanol–water partition coefficient (Wildman–Crippen LogP) is 4.36. The van der Waals surface area contributed by atoms with Crippen LogP contribution in [0.2, 0.25) is 0 Å². The molecular weight excluding hydrogens is 434 g/mol. The Labute approximate surface area is 178 Å². The van der Waals surface area contributed by atoms with Gasteiger partial charge in [0.15, 0.2) is 0 Å². The number of ketones is 1. The van der Waals surface area contributed by atoms with E-state index in [1.165, 1.54) is 0 Å². The van der Waals surface area contributed by atoms with Crippen LogP contribution in [0.15, 0.2) is 58.6 Å². The molecule has 0 aliphatic carbocycles. The Bertz CT molecular complexity index is 977. The van der Waals surface area contributed by atoms with Crippen molar-refractivity contribution in [3.63, 3.8) is 0 Å². The molecule has 0 radical (unpaired) electrons. The first-order valence-corrected chi connectivity index (χ1v) is 10.5. The van der Waals surface area contributed by atoms with Gasteiger partial charge in [-0.1, -0.05) is 57.9 Å². The van der Waals surface area contributed by atoms with Crippen LogP contribution < -0.4 is 0 Å². The summed E-state index contributed by atoms with van der Waals surface area (Å²) in [4.78, 5) is 27.4. The third-order valence-electron chi connectivity index (χ3n) is 5.45. The van der Waals surface area contributed by atoms with Gasteiger partial charge in [-0.15, -0.1) is 0 Å². The van der Waals surface area contributed by atoms with Crippen LogP contribution in [0.5, 0.6) is 0 Å². The van der Waals surface area contributed by atoms with Crippen molar-refractivity contribution in [2.45, 2.75) is 31.9 Å². The summed E-state index contributed by atoms with van der Waals surface area (Å²) in [7, 11) is 0. The van der Waals surface area contributed by atoms with E-state index in [1.54, 1.807) is 17.0 Å². The molecule has 0 bridgehead atoms. The van der Waals surface area contributed by atoms with Crippen molar-refractivity contribution in [1.82, 2.24) is 4.90 Å². The molecule has 0 saturated carbocycles. The van der Waals surface area contributed by atoms with Gasteiger partial charge in [-0.2, -0.15) is 0 Å². The van der Waals surface area contributed by atoms with Crippen LogP contribution in [-0.2, 0) is 14.3 Å². The molecule has 1 amide bonds. The van der Waals surface area contributed by atoms with E-state index in [9.17, 15) is 14.7 Å². The maximum absolute atomic E-state index is 13.0. The van der Waals surface area contributed by atoms with E-state index >= 15 is 0 Å². The maximum atomic E-state index is 13.0. The molecule has 6 heteroatoms. The molecule has 1 N–H and O–H groups in total. The lowest BCUT2D eigenvalue weighted by atomic mass is 9.95. The van der Waals surface area contributed by atoms with Crippen LogP contribution in [0, 0.1) is 6.92 Å². The van der Waals surface area contributed by atoms with Crippen molar-refractivity contribution in [3.8, 4) is 0 Å². The molecule has 4 rings (SSSR count). The number of nitrogens with zero attached hydrogens (tertiary/aromatic N) is 1. The van der Waals surface area contributed by atoms with Crippen molar-refractivity contribution >= 4 is 33.4 Å². The van der Waals surface area contributed by atoms with E-state index in [4.69, 9.17) is 4.74 Å². The lowest BCUT2D eigenvalue weighted by Gasteiger charge is -2.27. The lowest BCUT2D eigenvalue weighted by molar-refractivity contribution is -0.140. The van der Waals surface area contributed by atoms with Crippen LogP contribution in [0.25, 0.3) is 5.76 Å². The number of Topliss-reactive ketones (excluding diaryl/α,β-unsaturated/α-hetero) is 1. The zero-order chi connectivity index (χ0) is 20.5. The van der Waals surface area contributed by atoms with Gasteiger partial charge >= 0.3 is 0 Å². The highest BCUT2D eigenvalue weighted by Crippen LogP contribution is 2.40. The third-order valence-corrected chi connectivity index (χ3v) is 5.95. The zero-order valence-corrected chi connectivity index (χ0v) is 17.7. The Balaban J connectivity index is 1.83. The first-order chi connectivity index (χ1) is 14.0.